The molecule has 0 radical (unpaired) electrons. The molecular weight excluding hydrogens is 276 g/mol. The number of rotatable bonds is 8. The van der Waals surface area contributed by atoms with Crippen molar-refractivity contribution in [3.63, 3.8) is 0 Å². The minimum Gasteiger partial charge on any atom is -0.380 e. The van der Waals surface area contributed by atoms with E-state index in [1.807, 2.05) is 20.8 Å². The van der Waals surface area contributed by atoms with Crippen LogP contribution in [-0.2, 0) is 21.3 Å². The van der Waals surface area contributed by atoms with Crippen molar-refractivity contribution in [2.75, 3.05) is 13.2 Å². The van der Waals surface area contributed by atoms with Crippen molar-refractivity contribution in [2.45, 2.75) is 38.3 Å². The molecule has 3 N–H and O–H groups in total. The molecule has 0 spiro atoms. The highest BCUT2D eigenvalue weighted by Gasteiger charge is 2.24. The Labute approximate surface area is 121 Å². The summed E-state index contributed by atoms with van der Waals surface area (Å²) in [6.45, 7) is 6.91. The lowest BCUT2D eigenvalue weighted by molar-refractivity contribution is 0.116. The van der Waals surface area contributed by atoms with Crippen molar-refractivity contribution in [1.29, 1.82) is 0 Å². The summed E-state index contributed by atoms with van der Waals surface area (Å²) in [5.74, 6) is 0.140. The smallest absolute Gasteiger partial charge is 0.241 e. The highest BCUT2D eigenvalue weighted by atomic mass is 32.2. The molecule has 114 valence electrons. The lowest BCUT2D eigenvalue weighted by Crippen LogP contribution is -2.42. The van der Waals surface area contributed by atoms with E-state index in [-0.39, 0.29) is 23.4 Å². The molecule has 0 amide bonds. The Morgan fingerprint density at radius 2 is 1.95 bits per heavy atom. The zero-order valence-electron chi connectivity index (χ0n) is 12.3. The zero-order chi connectivity index (χ0) is 15.2. The molecule has 0 aliphatic carbocycles. The van der Waals surface area contributed by atoms with Gasteiger partial charge in [0, 0.05) is 19.2 Å². The Kier molecular flexibility index (Phi) is 6.61. The van der Waals surface area contributed by atoms with Crippen LogP contribution in [0.15, 0.2) is 29.2 Å². The maximum Gasteiger partial charge on any atom is 0.241 e. The molecule has 0 heterocycles. The molecule has 1 atom stereocenters. The van der Waals surface area contributed by atoms with Gasteiger partial charge in [-0.25, -0.2) is 13.1 Å². The van der Waals surface area contributed by atoms with Crippen molar-refractivity contribution in [1.82, 2.24) is 4.72 Å². The summed E-state index contributed by atoms with van der Waals surface area (Å²) in [4.78, 5) is 0.240. The fourth-order valence-electron chi connectivity index (χ4n) is 1.80. The second-order valence-corrected chi connectivity index (χ2v) is 6.63. The Balaban J connectivity index is 2.97. The van der Waals surface area contributed by atoms with E-state index >= 15 is 0 Å². The van der Waals surface area contributed by atoms with E-state index in [0.717, 1.165) is 0 Å². The molecular formula is C14H24N2O3S. The minimum atomic E-state index is -3.59. The monoisotopic (exact) mass is 300 g/mol. The minimum absolute atomic E-state index is 0.140. The SMILES string of the molecule is CCOCC(NS(=O)(=O)c1ccccc1CN)C(C)C. The quantitative estimate of drug-likeness (QED) is 0.762. The van der Waals surface area contributed by atoms with Crippen LogP contribution in [0.25, 0.3) is 0 Å². The molecule has 0 aromatic heterocycles. The Hall–Kier alpha value is -0.950. The van der Waals surface area contributed by atoms with Crippen LogP contribution in [0.4, 0.5) is 0 Å². The fourth-order valence-corrected chi connectivity index (χ4v) is 3.42. The van der Waals surface area contributed by atoms with Gasteiger partial charge in [-0.1, -0.05) is 32.0 Å². The van der Waals surface area contributed by atoms with E-state index in [0.29, 0.717) is 18.8 Å². The van der Waals surface area contributed by atoms with Crippen LogP contribution in [0, 0.1) is 5.92 Å². The topological polar surface area (TPSA) is 81.4 Å². The first kappa shape index (κ1) is 17.1. The highest BCUT2D eigenvalue weighted by Crippen LogP contribution is 2.16. The van der Waals surface area contributed by atoms with Crippen molar-refractivity contribution in [3.05, 3.63) is 29.8 Å². The molecule has 20 heavy (non-hydrogen) atoms. The molecule has 1 aromatic rings. The maximum absolute atomic E-state index is 12.5. The number of nitrogens with one attached hydrogen (secondary N) is 1. The van der Waals surface area contributed by atoms with Crippen LogP contribution >= 0.6 is 0 Å². The molecule has 0 aliphatic rings. The normalized spacial score (nSPS) is 13.7. The third-order valence-electron chi connectivity index (χ3n) is 3.09. The molecule has 5 nitrogen and oxygen atoms in total. The third-order valence-corrected chi connectivity index (χ3v) is 4.69. The molecule has 0 bridgehead atoms. The van der Waals surface area contributed by atoms with Gasteiger partial charge in [0.15, 0.2) is 0 Å². The average molecular weight is 300 g/mol. The van der Waals surface area contributed by atoms with Gasteiger partial charge in [0.2, 0.25) is 10.0 Å². The molecule has 1 aromatic carbocycles. The molecule has 1 rings (SSSR count). The number of sulfonamides is 1. The molecule has 0 fully saturated rings. The van der Waals surface area contributed by atoms with E-state index in [1.165, 1.54) is 0 Å². The van der Waals surface area contributed by atoms with Crippen LogP contribution in [0.3, 0.4) is 0 Å². The summed E-state index contributed by atoms with van der Waals surface area (Å²) >= 11 is 0. The van der Waals surface area contributed by atoms with Gasteiger partial charge in [0.05, 0.1) is 11.5 Å². The second kappa shape index (κ2) is 7.73. The van der Waals surface area contributed by atoms with Crippen LogP contribution in [0.5, 0.6) is 0 Å². The van der Waals surface area contributed by atoms with Gasteiger partial charge in [0.1, 0.15) is 0 Å². The van der Waals surface area contributed by atoms with E-state index < -0.39 is 10.0 Å². The van der Waals surface area contributed by atoms with Gasteiger partial charge >= 0.3 is 0 Å². The van der Waals surface area contributed by atoms with Crippen molar-refractivity contribution < 1.29 is 13.2 Å². The number of benzene rings is 1. The third kappa shape index (κ3) is 4.56. The molecule has 1 unspecified atom stereocenters. The van der Waals surface area contributed by atoms with Crippen LogP contribution in [0.2, 0.25) is 0 Å². The number of hydrogen-bond donors (Lipinski definition) is 2. The van der Waals surface area contributed by atoms with Crippen molar-refractivity contribution in [2.24, 2.45) is 11.7 Å². The number of ether oxygens (including phenoxy) is 1. The highest BCUT2D eigenvalue weighted by molar-refractivity contribution is 7.89. The summed E-state index contributed by atoms with van der Waals surface area (Å²) in [7, 11) is -3.59. The van der Waals surface area contributed by atoms with E-state index in [4.69, 9.17) is 10.5 Å². The largest absolute Gasteiger partial charge is 0.380 e. The molecule has 0 saturated carbocycles. The molecule has 0 aliphatic heterocycles. The van der Waals surface area contributed by atoms with Crippen molar-refractivity contribution >= 4 is 10.0 Å². The Morgan fingerprint density at radius 3 is 2.50 bits per heavy atom. The fraction of sp³-hybridized carbons (Fsp3) is 0.571. The van der Waals surface area contributed by atoms with Gasteiger partial charge in [0.25, 0.3) is 0 Å². The second-order valence-electron chi connectivity index (χ2n) is 4.94. The predicted molar refractivity (Wildman–Crippen MR) is 79.8 cm³/mol. The summed E-state index contributed by atoms with van der Waals surface area (Å²) in [6, 6.07) is 6.51. The summed E-state index contributed by atoms with van der Waals surface area (Å²) in [5, 5.41) is 0. The summed E-state index contributed by atoms with van der Waals surface area (Å²) < 4.78 is 33.0. The van der Waals surface area contributed by atoms with E-state index in [2.05, 4.69) is 4.72 Å². The predicted octanol–water partition coefficient (Wildman–Crippen LogP) is 1.48. The maximum atomic E-state index is 12.5. The van der Waals surface area contributed by atoms with Gasteiger partial charge < -0.3 is 10.5 Å². The lowest BCUT2D eigenvalue weighted by atomic mass is 10.1. The van der Waals surface area contributed by atoms with E-state index in [1.54, 1.807) is 24.3 Å². The molecule has 0 saturated heterocycles. The van der Waals surface area contributed by atoms with E-state index in [9.17, 15) is 8.42 Å². The van der Waals surface area contributed by atoms with Crippen LogP contribution in [0.1, 0.15) is 26.3 Å². The molecule has 6 heteroatoms. The average Bonchev–Trinajstić information content (AvgIpc) is 2.43. The Bertz CT molecular complexity index is 515. The summed E-state index contributed by atoms with van der Waals surface area (Å²) in [6.07, 6.45) is 0. The standard InChI is InChI=1S/C14H24N2O3S/c1-4-19-10-13(11(2)3)16-20(17,18)14-8-6-5-7-12(14)9-15/h5-8,11,13,16H,4,9-10,15H2,1-3H3. The first-order valence-electron chi connectivity index (χ1n) is 6.80. The van der Waals surface area contributed by atoms with Crippen LogP contribution < -0.4 is 10.5 Å². The van der Waals surface area contributed by atoms with Crippen molar-refractivity contribution in [3.8, 4) is 0 Å². The van der Waals surface area contributed by atoms with Gasteiger partial charge in [-0.2, -0.15) is 0 Å². The first-order chi connectivity index (χ1) is 9.42. The number of nitrogens with two attached hydrogens (primary N) is 1. The van der Waals surface area contributed by atoms with Crippen LogP contribution in [-0.4, -0.2) is 27.7 Å². The zero-order valence-corrected chi connectivity index (χ0v) is 13.1. The first-order valence-corrected chi connectivity index (χ1v) is 8.28. The Morgan fingerprint density at radius 1 is 1.30 bits per heavy atom. The van der Waals surface area contributed by atoms with Gasteiger partial charge in [-0.05, 0) is 24.5 Å². The lowest BCUT2D eigenvalue weighted by Gasteiger charge is -2.22. The summed E-state index contributed by atoms with van der Waals surface area (Å²) in [5.41, 5.74) is 6.21. The number of hydrogen-bond acceptors (Lipinski definition) is 4. The van der Waals surface area contributed by atoms with Gasteiger partial charge in [-0.15, -0.1) is 0 Å². The van der Waals surface area contributed by atoms with Gasteiger partial charge in [-0.3, -0.25) is 0 Å².